The Morgan fingerprint density at radius 1 is 0.761 bits per heavy atom. The smallest absolute Gasteiger partial charge is 0.407 e. The summed E-state index contributed by atoms with van der Waals surface area (Å²) < 4.78 is 26.7. The van der Waals surface area contributed by atoms with E-state index in [1.807, 2.05) is 54.6 Å². The van der Waals surface area contributed by atoms with Gasteiger partial charge in [-0.15, -0.1) is 0 Å². The van der Waals surface area contributed by atoms with Crippen molar-refractivity contribution in [1.82, 2.24) is 10.2 Å². The van der Waals surface area contributed by atoms with Gasteiger partial charge in [-0.2, -0.15) is 0 Å². The van der Waals surface area contributed by atoms with E-state index in [0.29, 0.717) is 38.8 Å². The summed E-state index contributed by atoms with van der Waals surface area (Å²) in [6.45, 7) is 29.4. The van der Waals surface area contributed by atoms with Crippen LogP contribution in [0.1, 0.15) is 130 Å². The standard InChI is InChI=1S/C55H82N2O8Si2/c1-38(24-17-18-25-40(3)58)49(35-50(65-67(12,13)55(7,8)9)39(2)36-63-66(10,11)54(4,5)6)64-52(60)48-32-23-33-57(48)51(59)47(34-41-26-15-14-16-27-41)56-53(61)62-37-46-44-30-21-19-28-42(44)43-29-20-22-31-45(43)46/h14-16,19-22,26-31,38-39,46-50H,17-18,23-25,32-37H2,1-13H3,(H,56,61)/t38-,39-,47+,48-,49+,50-/m0/s1. The minimum atomic E-state index is -2.30. The van der Waals surface area contributed by atoms with Crippen LogP contribution >= 0.6 is 0 Å². The Labute approximate surface area is 404 Å². The number of esters is 1. The number of carbonyl (C=O) groups is 4. The largest absolute Gasteiger partial charge is 0.460 e. The summed E-state index contributed by atoms with van der Waals surface area (Å²) in [6.07, 6.45) is 3.21. The Balaban J connectivity index is 1.36. The zero-order valence-corrected chi connectivity index (χ0v) is 45.0. The van der Waals surface area contributed by atoms with Crippen LogP contribution in [0.5, 0.6) is 0 Å². The van der Waals surface area contributed by atoms with Gasteiger partial charge in [0.15, 0.2) is 16.6 Å². The fraction of sp³-hybridized carbons (Fsp3) is 0.600. The highest BCUT2D eigenvalue weighted by Crippen LogP contribution is 2.45. The molecule has 2 amide bonds. The van der Waals surface area contributed by atoms with Gasteiger partial charge < -0.3 is 33.3 Å². The van der Waals surface area contributed by atoms with Crippen molar-refractivity contribution in [3.8, 4) is 11.1 Å². The maximum atomic E-state index is 14.8. The monoisotopic (exact) mass is 955 g/mol. The number of Topliss-reactive ketones (excluding diaryl/α,β-unsaturated/α-hetero) is 1. The van der Waals surface area contributed by atoms with E-state index in [-0.39, 0.29) is 58.7 Å². The Bertz CT molecular complexity index is 2080. The van der Waals surface area contributed by atoms with E-state index < -0.39 is 46.9 Å². The highest BCUT2D eigenvalue weighted by molar-refractivity contribution is 6.74. The predicted molar refractivity (Wildman–Crippen MR) is 274 cm³/mol. The van der Waals surface area contributed by atoms with Crippen LogP contribution < -0.4 is 5.32 Å². The average molecular weight is 955 g/mol. The van der Waals surface area contributed by atoms with Crippen LogP contribution in [0.4, 0.5) is 4.79 Å². The third kappa shape index (κ3) is 14.2. The van der Waals surface area contributed by atoms with Crippen LogP contribution in [0.25, 0.3) is 11.1 Å². The molecule has 3 aromatic carbocycles. The normalized spacial score (nSPS) is 17.7. The van der Waals surface area contributed by atoms with Gasteiger partial charge in [-0.1, -0.05) is 141 Å². The van der Waals surface area contributed by atoms with E-state index in [0.717, 1.165) is 47.1 Å². The molecule has 0 radical (unpaired) electrons. The lowest BCUT2D eigenvalue weighted by molar-refractivity contribution is -0.162. The van der Waals surface area contributed by atoms with E-state index in [9.17, 15) is 19.2 Å². The highest BCUT2D eigenvalue weighted by atomic mass is 28.4. The lowest BCUT2D eigenvalue weighted by Crippen LogP contribution is -2.53. The molecule has 3 aromatic rings. The maximum absolute atomic E-state index is 14.8. The Kier molecular flexibility index (Phi) is 18.5. The Morgan fingerprint density at radius 3 is 1.93 bits per heavy atom. The molecule has 1 aliphatic heterocycles. The molecule has 10 nitrogen and oxygen atoms in total. The van der Waals surface area contributed by atoms with Crippen LogP contribution in [0.15, 0.2) is 78.9 Å². The van der Waals surface area contributed by atoms with Gasteiger partial charge in [0, 0.05) is 44.2 Å². The average Bonchev–Trinajstić information content (AvgIpc) is 3.88. The maximum Gasteiger partial charge on any atom is 0.407 e. The summed E-state index contributed by atoms with van der Waals surface area (Å²) in [4.78, 5) is 56.7. The Hall–Kier alpha value is -4.11. The molecule has 368 valence electrons. The van der Waals surface area contributed by atoms with Gasteiger partial charge in [-0.25, -0.2) is 9.59 Å². The number of hydrogen-bond acceptors (Lipinski definition) is 8. The molecule has 1 saturated heterocycles. The van der Waals surface area contributed by atoms with Gasteiger partial charge in [0.2, 0.25) is 5.91 Å². The molecule has 1 aliphatic carbocycles. The van der Waals surface area contributed by atoms with Crippen molar-refractivity contribution in [2.75, 3.05) is 19.8 Å². The number of rotatable bonds is 22. The minimum Gasteiger partial charge on any atom is -0.460 e. The van der Waals surface area contributed by atoms with E-state index in [1.165, 1.54) is 0 Å². The number of hydrogen-bond donors (Lipinski definition) is 1. The number of alkyl carbamates (subject to hydrolysis) is 1. The van der Waals surface area contributed by atoms with Crippen molar-refractivity contribution in [2.24, 2.45) is 11.8 Å². The lowest BCUT2D eigenvalue weighted by atomic mass is 9.90. The van der Waals surface area contributed by atoms with Crippen LogP contribution in [0.2, 0.25) is 36.3 Å². The van der Waals surface area contributed by atoms with Crippen LogP contribution in [0, 0.1) is 11.8 Å². The van der Waals surface area contributed by atoms with Crippen molar-refractivity contribution < 1.29 is 37.5 Å². The molecule has 0 spiro atoms. The molecule has 6 atom stereocenters. The highest BCUT2D eigenvalue weighted by Gasteiger charge is 2.45. The quantitative estimate of drug-likeness (QED) is 0.0600. The van der Waals surface area contributed by atoms with Gasteiger partial charge in [0.05, 0.1) is 6.10 Å². The third-order valence-corrected chi connectivity index (χ3v) is 24.2. The molecule has 1 heterocycles. The van der Waals surface area contributed by atoms with Gasteiger partial charge >= 0.3 is 12.1 Å². The molecule has 12 heteroatoms. The Morgan fingerprint density at radius 2 is 1.34 bits per heavy atom. The summed E-state index contributed by atoms with van der Waals surface area (Å²) in [5.41, 5.74) is 5.33. The first kappa shape index (κ1) is 53.8. The molecule has 5 rings (SSSR count). The molecule has 0 aromatic heterocycles. The van der Waals surface area contributed by atoms with Crippen LogP contribution in [-0.4, -0.2) is 89.3 Å². The molecule has 0 unspecified atom stereocenters. The third-order valence-electron chi connectivity index (χ3n) is 15.2. The van der Waals surface area contributed by atoms with E-state index >= 15 is 0 Å². The fourth-order valence-corrected chi connectivity index (χ4v) is 11.4. The number of amides is 2. The lowest BCUT2D eigenvalue weighted by Gasteiger charge is -2.43. The summed E-state index contributed by atoms with van der Waals surface area (Å²) in [7, 11) is -4.38. The molecule has 2 aliphatic rings. The zero-order chi connectivity index (χ0) is 49.3. The molecule has 0 saturated carbocycles. The second-order valence-corrected chi connectivity index (χ2v) is 32.1. The van der Waals surface area contributed by atoms with Gasteiger partial charge in [0.25, 0.3) is 0 Å². The number of benzene rings is 3. The molecule has 1 N–H and O–H groups in total. The number of ketones is 1. The summed E-state index contributed by atoms with van der Waals surface area (Å²) in [5.74, 6) is -0.784. The number of nitrogens with zero attached hydrogens (tertiary/aromatic N) is 1. The van der Waals surface area contributed by atoms with Crippen molar-refractivity contribution in [3.63, 3.8) is 0 Å². The second-order valence-electron chi connectivity index (χ2n) is 22.5. The molecule has 67 heavy (non-hydrogen) atoms. The van der Waals surface area contributed by atoms with Gasteiger partial charge in [-0.3, -0.25) is 4.79 Å². The summed E-state index contributed by atoms with van der Waals surface area (Å²) >= 11 is 0. The van der Waals surface area contributed by atoms with Crippen LogP contribution in [0.3, 0.4) is 0 Å². The fourth-order valence-electron chi connectivity index (χ4n) is 8.80. The number of carbonyl (C=O) groups excluding carboxylic acids is 4. The first-order valence-corrected chi connectivity index (χ1v) is 30.7. The van der Waals surface area contributed by atoms with E-state index in [1.54, 1.807) is 11.8 Å². The molecular weight excluding hydrogens is 873 g/mol. The van der Waals surface area contributed by atoms with Crippen molar-refractivity contribution in [2.45, 2.75) is 180 Å². The number of nitrogens with one attached hydrogen (secondary N) is 1. The molecule has 0 bridgehead atoms. The number of unbranched alkanes of at least 4 members (excludes halogenated alkanes) is 1. The number of ether oxygens (including phenoxy) is 2. The second kappa shape index (κ2) is 23.0. The number of fused-ring (bicyclic) bond motifs is 3. The summed E-state index contributed by atoms with van der Waals surface area (Å²) in [5, 5.41) is 2.92. The predicted octanol–water partition coefficient (Wildman–Crippen LogP) is 12.3. The first-order chi connectivity index (χ1) is 31.4. The van der Waals surface area contributed by atoms with E-state index in [2.05, 4.69) is 111 Å². The molecule has 1 fully saturated rings. The molecular formula is C55H82N2O8Si2. The zero-order valence-electron chi connectivity index (χ0n) is 43.0. The van der Waals surface area contributed by atoms with Crippen LogP contribution in [-0.2, 0) is 39.1 Å². The minimum absolute atomic E-state index is 0.0154. The van der Waals surface area contributed by atoms with Crippen molar-refractivity contribution in [1.29, 1.82) is 0 Å². The first-order valence-electron chi connectivity index (χ1n) is 24.9. The van der Waals surface area contributed by atoms with Crippen molar-refractivity contribution in [3.05, 3.63) is 95.6 Å². The number of likely N-dealkylation sites (tertiary alicyclic amines) is 1. The van der Waals surface area contributed by atoms with E-state index in [4.69, 9.17) is 18.3 Å². The van der Waals surface area contributed by atoms with Crippen molar-refractivity contribution >= 4 is 40.4 Å². The summed E-state index contributed by atoms with van der Waals surface area (Å²) in [6, 6.07) is 24.1. The van der Waals surface area contributed by atoms with Gasteiger partial charge in [0.1, 0.15) is 30.6 Å². The SMILES string of the molecule is CC(=O)CCCC[C@H](C)[C@@H](C[C@H](O[Si](C)(C)C(C)(C)C)[C@@H](C)CO[Si](C)(C)C(C)(C)C)OC(=O)[C@@H]1CCCN1C(=O)[C@@H](Cc1ccccc1)NC(=O)OCC1c2ccccc2-c2ccccc21. The van der Waals surface area contributed by atoms with Gasteiger partial charge in [-0.05, 0) is 103 Å². The topological polar surface area (TPSA) is 120 Å².